The van der Waals surface area contributed by atoms with Gasteiger partial charge in [0.15, 0.2) is 0 Å². The molecule has 0 bridgehead atoms. The summed E-state index contributed by atoms with van der Waals surface area (Å²) in [6.07, 6.45) is 0. The van der Waals surface area contributed by atoms with E-state index < -0.39 is 24.0 Å². The lowest BCUT2D eigenvalue weighted by atomic mass is 10.2. The fourth-order valence-electron chi connectivity index (χ4n) is 3.68. The lowest BCUT2D eigenvalue weighted by Crippen LogP contribution is -2.53. The number of hydrogen-bond donors (Lipinski definition) is 6. The predicted molar refractivity (Wildman–Crippen MR) is 110 cm³/mol. The number of nitrogens with zero attached hydrogens (tertiary/aromatic N) is 4. The zero-order valence-electron chi connectivity index (χ0n) is 18.2. The summed E-state index contributed by atoms with van der Waals surface area (Å²) in [5.41, 5.74) is 0. The molecule has 1 fully saturated rings. The maximum absolute atomic E-state index is 11.3. The van der Waals surface area contributed by atoms with Crippen molar-refractivity contribution < 1.29 is 50.3 Å². The van der Waals surface area contributed by atoms with Crippen LogP contribution in [0.5, 0.6) is 0 Å². The molecule has 0 aromatic rings. The first-order chi connectivity index (χ1) is 15.3. The van der Waals surface area contributed by atoms with Crippen LogP contribution in [-0.2, 0) is 19.4 Å². The number of carboxylic acid groups (broad SMARTS) is 2. The first kappa shape index (κ1) is 28.6. The van der Waals surface area contributed by atoms with E-state index >= 15 is 0 Å². The number of hydrogen-bond acceptors (Lipinski definition) is 12. The lowest BCUT2D eigenvalue weighted by molar-refractivity contribution is -0.255. The average Bonchev–Trinajstić information content (AvgIpc) is 2.74. The first-order valence-corrected chi connectivity index (χ1v) is 10.4. The molecule has 6 N–H and O–H groups in total. The van der Waals surface area contributed by atoms with E-state index in [9.17, 15) is 30.0 Å². The zero-order chi connectivity index (χ0) is 23.9. The first-order valence-electron chi connectivity index (χ1n) is 10.4. The highest BCUT2D eigenvalue weighted by Gasteiger charge is 2.25. The lowest BCUT2D eigenvalue weighted by Gasteiger charge is -2.37. The highest BCUT2D eigenvalue weighted by Crippen LogP contribution is 2.08. The number of carboxylic acids is 2. The van der Waals surface area contributed by atoms with Gasteiger partial charge in [-0.05, 0) is 0 Å². The van der Waals surface area contributed by atoms with E-state index in [1.54, 1.807) is 9.80 Å². The summed E-state index contributed by atoms with van der Waals surface area (Å²) in [5.74, 6) is -2.02. The van der Waals surface area contributed by atoms with Gasteiger partial charge >= 0.3 is 11.9 Å². The molecule has 0 aromatic carbocycles. The minimum Gasteiger partial charge on any atom is -0.480 e. The molecule has 32 heavy (non-hydrogen) atoms. The Balaban J connectivity index is 3.08. The summed E-state index contributed by atoms with van der Waals surface area (Å²) in [4.78, 5) is 38.1. The Bertz CT molecular complexity index is 498. The van der Waals surface area contributed by atoms with Crippen LogP contribution >= 0.6 is 0 Å². The molecule has 1 heterocycles. The highest BCUT2D eigenvalue weighted by molar-refractivity contribution is 5.69. The van der Waals surface area contributed by atoms with Gasteiger partial charge in [0.05, 0.1) is 51.6 Å². The Hall–Kier alpha value is -1.46. The molecule has 0 spiro atoms. The quantitative estimate of drug-likeness (QED) is 0.126. The molecule has 0 amide bonds. The third kappa shape index (κ3) is 10.9. The van der Waals surface area contributed by atoms with Gasteiger partial charge in [0.25, 0.3) is 0 Å². The van der Waals surface area contributed by atoms with Crippen molar-refractivity contribution in [3.63, 3.8) is 0 Å². The number of aliphatic hydroxyl groups is 2. The van der Waals surface area contributed by atoms with E-state index in [0.717, 1.165) is 0 Å². The van der Waals surface area contributed by atoms with Gasteiger partial charge in [0.1, 0.15) is 0 Å². The molecule has 2 unspecified atom stereocenters. The number of carbonyl (C=O) groups is 2. The second-order valence-electron chi connectivity index (χ2n) is 7.68. The van der Waals surface area contributed by atoms with Crippen molar-refractivity contribution in [2.45, 2.75) is 12.1 Å². The SMILES string of the molecule is O=C(O)CN1CCN(CC(=O)O)CCN(C(CO)COO)CCN(C(CO)COO)CC1. The molecular formula is C18H36N4O10. The van der Waals surface area contributed by atoms with Crippen LogP contribution in [-0.4, -0.2) is 166 Å². The molecule has 0 aliphatic carbocycles. The van der Waals surface area contributed by atoms with Crippen LogP contribution in [0.15, 0.2) is 0 Å². The fraction of sp³-hybridized carbons (Fsp3) is 0.889. The molecule has 1 aliphatic rings. The largest absolute Gasteiger partial charge is 0.480 e. The third-order valence-corrected chi connectivity index (χ3v) is 5.52. The minimum absolute atomic E-state index is 0.148. The van der Waals surface area contributed by atoms with Crippen molar-refractivity contribution in [3.05, 3.63) is 0 Å². The van der Waals surface area contributed by atoms with Crippen molar-refractivity contribution in [1.82, 2.24) is 19.6 Å². The van der Waals surface area contributed by atoms with Gasteiger partial charge in [0.2, 0.25) is 0 Å². The van der Waals surface area contributed by atoms with Gasteiger partial charge in [-0.25, -0.2) is 9.78 Å². The molecule has 1 rings (SSSR count). The average molecular weight is 469 g/mol. The molecule has 14 heteroatoms. The van der Waals surface area contributed by atoms with Crippen molar-refractivity contribution >= 4 is 11.9 Å². The van der Waals surface area contributed by atoms with Crippen LogP contribution in [0.2, 0.25) is 0 Å². The van der Waals surface area contributed by atoms with E-state index in [1.165, 1.54) is 0 Å². The predicted octanol–water partition coefficient (Wildman–Crippen LogP) is -2.92. The van der Waals surface area contributed by atoms with Crippen LogP contribution in [0.25, 0.3) is 0 Å². The minimum atomic E-state index is -1.01. The maximum Gasteiger partial charge on any atom is 0.317 e. The number of rotatable bonds is 12. The molecule has 0 saturated carbocycles. The van der Waals surface area contributed by atoms with Gasteiger partial charge < -0.3 is 20.4 Å². The monoisotopic (exact) mass is 468 g/mol. The normalized spacial score (nSPS) is 20.9. The highest BCUT2D eigenvalue weighted by atomic mass is 17.1. The van der Waals surface area contributed by atoms with Crippen molar-refractivity contribution in [2.24, 2.45) is 0 Å². The zero-order valence-corrected chi connectivity index (χ0v) is 18.2. The number of aliphatic carboxylic acids is 2. The van der Waals surface area contributed by atoms with Crippen molar-refractivity contribution in [3.8, 4) is 0 Å². The molecule has 0 aromatic heterocycles. The second-order valence-corrected chi connectivity index (χ2v) is 7.68. The second kappa shape index (κ2) is 16.2. The molecule has 1 aliphatic heterocycles. The van der Waals surface area contributed by atoms with Crippen molar-refractivity contribution in [1.29, 1.82) is 0 Å². The summed E-state index contributed by atoms with van der Waals surface area (Å²) in [7, 11) is 0. The topological polar surface area (TPSA) is 187 Å². The van der Waals surface area contributed by atoms with E-state index in [0.29, 0.717) is 52.4 Å². The summed E-state index contributed by atoms with van der Waals surface area (Å²) >= 11 is 0. The Kier molecular flexibility index (Phi) is 14.5. The Morgan fingerprint density at radius 1 is 0.656 bits per heavy atom. The Morgan fingerprint density at radius 3 is 1.25 bits per heavy atom. The van der Waals surface area contributed by atoms with Gasteiger partial charge in [-0.2, -0.15) is 0 Å². The van der Waals surface area contributed by atoms with Crippen LogP contribution in [0.1, 0.15) is 0 Å². The molecule has 188 valence electrons. The molecular weight excluding hydrogens is 432 g/mol. The van der Waals surface area contributed by atoms with Crippen molar-refractivity contribution in [2.75, 3.05) is 91.9 Å². The van der Waals surface area contributed by atoms with Crippen LogP contribution in [0.4, 0.5) is 0 Å². The molecule has 2 atom stereocenters. The Morgan fingerprint density at radius 2 is 0.969 bits per heavy atom. The molecule has 14 nitrogen and oxygen atoms in total. The van der Waals surface area contributed by atoms with Crippen LogP contribution < -0.4 is 0 Å². The molecule has 1 saturated heterocycles. The van der Waals surface area contributed by atoms with Crippen LogP contribution in [0.3, 0.4) is 0 Å². The Labute approximate surface area is 186 Å². The summed E-state index contributed by atoms with van der Waals surface area (Å²) < 4.78 is 0. The van der Waals surface area contributed by atoms with E-state index in [1.807, 2.05) is 9.80 Å². The smallest absolute Gasteiger partial charge is 0.317 e. The van der Waals surface area contributed by atoms with Gasteiger partial charge in [-0.15, -0.1) is 0 Å². The van der Waals surface area contributed by atoms with E-state index in [-0.39, 0.29) is 39.5 Å². The van der Waals surface area contributed by atoms with Gasteiger partial charge in [-0.3, -0.25) is 39.7 Å². The third-order valence-electron chi connectivity index (χ3n) is 5.52. The van der Waals surface area contributed by atoms with E-state index in [4.69, 9.17) is 10.5 Å². The van der Waals surface area contributed by atoms with E-state index in [2.05, 4.69) is 9.78 Å². The fourth-order valence-corrected chi connectivity index (χ4v) is 3.68. The summed E-state index contributed by atoms with van der Waals surface area (Å²) in [6, 6.07) is -1.08. The van der Waals surface area contributed by atoms with Crippen LogP contribution in [0, 0.1) is 0 Å². The summed E-state index contributed by atoms with van der Waals surface area (Å²) in [6.45, 7) is 1.42. The van der Waals surface area contributed by atoms with Gasteiger partial charge in [0, 0.05) is 52.4 Å². The number of aliphatic hydroxyl groups excluding tert-OH is 2. The summed E-state index contributed by atoms with van der Waals surface area (Å²) in [5, 5.41) is 55.6. The molecule has 0 radical (unpaired) electrons. The maximum atomic E-state index is 11.3. The van der Waals surface area contributed by atoms with Gasteiger partial charge in [-0.1, -0.05) is 0 Å². The standard InChI is InChI=1S/C18H36N4O10/c23-11-15(13-31-29)21-5-3-19(9-17(25)26)1-2-20(10-18(27)28)4-6-22(8-7-21)16(12-24)14-32-30/h15-16,23-24,29-30H,1-14H2,(H,25,26)(H,27,28).